The van der Waals surface area contributed by atoms with Crippen LogP contribution in [0.15, 0.2) is 60.0 Å². The maximum atomic E-state index is 12.7. The van der Waals surface area contributed by atoms with Crippen molar-refractivity contribution >= 4 is 31.3 Å². The molecule has 0 spiro atoms. The molecule has 0 amide bonds. The molecule has 1 N–H and O–H groups in total. The number of nitrogens with one attached hydrogen (secondary N) is 1. The van der Waals surface area contributed by atoms with Gasteiger partial charge in [0.15, 0.2) is 9.84 Å². The molecule has 5 nitrogen and oxygen atoms in total. The summed E-state index contributed by atoms with van der Waals surface area (Å²) in [4.78, 5) is 0. The van der Waals surface area contributed by atoms with Crippen LogP contribution in [-0.4, -0.2) is 33.4 Å². The van der Waals surface area contributed by atoms with Crippen LogP contribution < -0.4 is 5.32 Å². The first-order valence-corrected chi connectivity index (χ1v) is 11.6. The van der Waals surface area contributed by atoms with Crippen molar-refractivity contribution < 1.29 is 13.2 Å². The van der Waals surface area contributed by atoms with Crippen LogP contribution in [0.3, 0.4) is 0 Å². The Bertz CT molecular complexity index is 1040. The zero-order valence-electron chi connectivity index (χ0n) is 15.4. The van der Waals surface area contributed by atoms with Crippen LogP contribution in [0.1, 0.15) is 11.1 Å². The minimum atomic E-state index is -3.36. The molecule has 0 saturated carbocycles. The molecule has 0 bridgehead atoms. The monoisotopic (exact) mass is 414 g/mol. The topological polar surface area (TPSA) is 79.2 Å². The average molecular weight is 415 g/mol. The fourth-order valence-electron chi connectivity index (χ4n) is 2.97. The summed E-state index contributed by atoms with van der Waals surface area (Å²) < 4.78 is 32.2. The van der Waals surface area contributed by atoms with Gasteiger partial charge in [0, 0.05) is 10.7 Å². The van der Waals surface area contributed by atoms with Crippen molar-refractivity contribution in [3.8, 4) is 6.07 Å². The molecule has 2 aromatic carbocycles. The van der Waals surface area contributed by atoms with Crippen molar-refractivity contribution in [1.82, 2.24) is 5.32 Å². The largest absolute Gasteiger partial charge is 0.375 e. The number of benzene rings is 2. The lowest BCUT2D eigenvalue weighted by Gasteiger charge is -2.18. The van der Waals surface area contributed by atoms with E-state index in [1.807, 2.05) is 66.0 Å². The van der Waals surface area contributed by atoms with E-state index in [0.29, 0.717) is 6.61 Å². The molecule has 0 fully saturated rings. The molecule has 0 aliphatic rings. The van der Waals surface area contributed by atoms with Crippen molar-refractivity contribution in [3.05, 3.63) is 71.1 Å². The summed E-state index contributed by atoms with van der Waals surface area (Å²) in [5, 5.41) is 14.8. The van der Waals surface area contributed by atoms with E-state index in [-0.39, 0.29) is 24.7 Å². The summed E-state index contributed by atoms with van der Waals surface area (Å²) in [6.45, 7) is 0.704. The Kier molecular flexibility index (Phi) is 7.18. The highest BCUT2D eigenvalue weighted by Gasteiger charge is 2.20. The predicted molar refractivity (Wildman–Crippen MR) is 113 cm³/mol. The van der Waals surface area contributed by atoms with E-state index in [1.165, 1.54) is 0 Å². The Morgan fingerprint density at radius 2 is 1.93 bits per heavy atom. The second-order valence-corrected chi connectivity index (χ2v) is 9.64. The predicted octanol–water partition coefficient (Wildman–Crippen LogP) is 3.51. The van der Waals surface area contributed by atoms with Crippen LogP contribution in [0.2, 0.25) is 0 Å². The van der Waals surface area contributed by atoms with Gasteiger partial charge in [0.05, 0.1) is 37.3 Å². The van der Waals surface area contributed by atoms with Gasteiger partial charge >= 0.3 is 0 Å². The molecule has 28 heavy (non-hydrogen) atoms. The van der Waals surface area contributed by atoms with E-state index in [2.05, 4.69) is 5.32 Å². The fraction of sp³-hybridized carbons (Fsp3) is 0.286. The van der Waals surface area contributed by atoms with E-state index in [0.717, 1.165) is 21.2 Å². The molecule has 0 radical (unpaired) electrons. The van der Waals surface area contributed by atoms with Crippen molar-refractivity contribution in [2.45, 2.75) is 18.4 Å². The van der Waals surface area contributed by atoms with Gasteiger partial charge in [-0.15, -0.1) is 11.3 Å². The molecular formula is C21H22N2O3S2. The van der Waals surface area contributed by atoms with Gasteiger partial charge in [0.1, 0.15) is 0 Å². The van der Waals surface area contributed by atoms with Crippen LogP contribution in [-0.2, 0) is 26.9 Å². The molecule has 1 atom stereocenters. The van der Waals surface area contributed by atoms with Crippen molar-refractivity contribution in [3.63, 3.8) is 0 Å². The Morgan fingerprint density at radius 3 is 2.71 bits per heavy atom. The van der Waals surface area contributed by atoms with E-state index < -0.39 is 15.9 Å². The lowest BCUT2D eigenvalue weighted by atomic mass is 10.2. The number of nitriles is 1. The lowest BCUT2D eigenvalue weighted by Crippen LogP contribution is -2.40. The van der Waals surface area contributed by atoms with Crippen LogP contribution >= 0.6 is 11.3 Å². The fourth-order valence-corrected chi connectivity index (χ4v) is 5.38. The summed E-state index contributed by atoms with van der Waals surface area (Å²) in [6.07, 6.45) is 0. The van der Waals surface area contributed by atoms with Gasteiger partial charge in [0.2, 0.25) is 0 Å². The maximum absolute atomic E-state index is 12.7. The van der Waals surface area contributed by atoms with Crippen molar-refractivity contribution in [2.75, 3.05) is 18.9 Å². The number of rotatable bonds is 10. The van der Waals surface area contributed by atoms with Crippen molar-refractivity contribution in [2.24, 2.45) is 0 Å². The van der Waals surface area contributed by atoms with Crippen molar-refractivity contribution in [1.29, 1.82) is 5.26 Å². The number of hydrogen-bond donors (Lipinski definition) is 1. The van der Waals surface area contributed by atoms with E-state index in [1.54, 1.807) is 11.3 Å². The minimum Gasteiger partial charge on any atom is -0.375 e. The molecule has 0 aliphatic heterocycles. The molecular weight excluding hydrogens is 392 g/mol. The molecule has 3 rings (SSSR count). The van der Waals surface area contributed by atoms with Gasteiger partial charge in [-0.05, 0) is 40.1 Å². The second kappa shape index (κ2) is 9.80. The highest BCUT2D eigenvalue weighted by Crippen LogP contribution is 2.22. The molecule has 0 aliphatic carbocycles. The Hall–Kier alpha value is -2.24. The smallest absolute Gasteiger partial charge is 0.156 e. The van der Waals surface area contributed by atoms with Crippen LogP contribution in [0.5, 0.6) is 0 Å². The minimum absolute atomic E-state index is 0.0256. The SMILES string of the molecule is N#CCN[C@@H](COCc1ccccc1)CS(=O)(=O)Cc1ccc2sccc2c1. The van der Waals surface area contributed by atoms with E-state index >= 15 is 0 Å². The Morgan fingerprint density at radius 1 is 1.11 bits per heavy atom. The highest BCUT2D eigenvalue weighted by molar-refractivity contribution is 7.90. The zero-order chi connectivity index (χ0) is 19.8. The first-order valence-electron chi connectivity index (χ1n) is 8.94. The molecule has 7 heteroatoms. The van der Waals surface area contributed by atoms with Crippen LogP contribution in [0.25, 0.3) is 10.1 Å². The van der Waals surface area contributed by atoms with Crippen LogP contribution in [0.4, 0.5) is 0 Å². The molecule has 0 saturated heterocycles. The lowest BCUT2D eigenvalue weighted by molar-refractivity contribution is 0.104. The Balaban J connectivity index is 1.60. The standard InChI is InChI=1S/C21H22N2O3S2/c22-9-10-23-20(14-26-13-17-4-2-1-3-5-17)16-28(24,25)15-18-6-7-21-19(12-18)8-11-27-21/h1-8,11-12,20,23H,10,13-16H2/t20-/m0/s1. The number of ether oxygens (including phenoxy) is 1. The third-order valence-electron chi connectivity index (χ3n) is 4.26. The number of thiophene rings is 1. The molecule has 0 unspecified atom stereocenters. The maximum Gasteiger partial charge on any atom is 0.156 e. The van der Waals surface area contributed by atoms with Gasteiger partial charge in [0.25, 0.3) is 0 Å². The summed E-state index contributed by atoms with van der Waals surface area (Å²) in [6, 6.07) is 19.0. The summed E-state index contributed by atoms with van der Waals surface area (Å²) in [5.74, 6) is -0.104. The zero-order valence-corrected chi connectivity index (χ0v) is 17.0. The van der Waals surface area contributed by atoms with Gasteiger partial charge < -0.3 is 4.74 Å². The number of nitrogens with zero attached hydrogens (tertiary/aromatic N) is 1. The van der Waals surface area contributed by atoms with E-state index in [9.17, 15) is 8.42 Å². The number of sulfone groups is 1. The quantitative estimate of drug-likeness (QED) is 0.514. The molecule has 3 aromatic rings. The first kappa shape index (κ1) is 20.5. The normalized spacial score (nSPS) is 12.7. The summed E-state index contributed by atoms with van der Waals surface area (Å²) >= 11 is 1.63. The van der Waals surface area contributed by atoms with Crippen LogP contribution in [0, 0.1) is 11.3 Å². The molecule has 1 aromatic heterocycles. The number of hydrogen-bond acceptors (Lipinski definition) is 6. The third-order valence-corrected chi connectivity index (χ3v) is 6.84. The Labute approximate surface area is 169 Å². The summed E-state index contributed by atoms with van der Waals surface area (Å²) in [5.41, 5.74) is 1.79. The second-order valence-electron chi connectivity index (χ2n) is 6.58. The average Bonchev–Trinajstić information content (AvgIpc) is 3.14. The van der Waals surface area contributed by atoms with Gasteiger partial charge in [-0.2, -0.15) is 5.26 Å². The summed E-state index contributed by atoms with van der Waals surface area (Å²) in [7, 11) is -3.36. The van der Waals surface area contributed by atoms with Gasteiger partial charge in [-0.1, -0.05) is 36.4 Å². The van der Waals surface area contributed by atoms with E-state index in [4.69, 9.17) is 10.00 Å². The third kappa shape index (κ3) is 6.14. The number of fused-ring (bicyclic) bond motifs is 1. The first-order chi connectivity index (χ1) is 13.6. The molecule has 1 heterocycles. The molecule has 146 valence electrons. The van der Waals surface area contributed by atoms with Gasteiger partial charge in [-0.25, -0.2) is 8.42 Å². The van der Waals surface area contributed by atoms with Gasteiger partial charge in [-0.3, -0.25) is 5.32 Å². The highest BCUT2D eigenvalue weighted by atomic mass is 32.2.